The van der Waals surface area contributed by atoms with Gasteiger partial charge in [0.2, 0.25) is 0 Å². The van der Waals surface area contributed by atoms with Gasteiger partial charge in [-0.2, -0.15) is 0 Å². The fourth-order valence-electron chi connectivity index (χ4n) is 3.95. The summed E-state index contributed by atoms with van der Waals surface area (Å²) in [7, 11) is 0. The van der Waals surface area contributed by atoms with E-state index in [0.29, 0.717) is 6.04 Å². The van der Waals surface area contributed by atoms with Crippen LogP contribution in [0.5, 0.6) is 0 Å². The van der Waals surface area contributed by atoms with E-state index in [9.17, 15) is 0 Å². The lowest BCUT2D eigenvalue weighted by molar-refractivity contribution is 0.182. The van der Waals surface area contributed by atoms with E-state index in [1.807, 2.05) is 12.4 Å². The van der Waals surface area contributed by atoms with Gasteiger partial charge in [-0.1, -0.05) is 19.3 Å². The summed E-state index contributed by atoms with van der Waals surface area (Å²) in [5.41, 5.74) is 0. The number of nitrogens with zero attached hydrogens (tertiary/aromatic N) is 1. The molecule has 3 N–H and O–H groups in total. The molecule has 3 rings (SSSR count). The third-order valence-electron chi connectivity index (χ3n) is 5.01. The van der Waals surface area contributed by atoms with Crippen LogP contribution in [0.3, 0.4) is 0 Å². The Balaban J connectivity index is 1.49. The molecule has 4 heteroatoms. The molecule has 3 atom stereocenters. The number of rotatable bonds is 5. The summed E-state index contributed by atoms with van der Waals surface area (Å²) in [6, 6.07) is 1.46. The van der Waals surface area contributed by atoms with E-state index in [-0.39, 0.29) is 0 Å². The number of hydrogen-bond donors (Lipinski definition) is 3. The van der Waals surface area contributed by atoms with Crippen molar-refractivity contribution >= 4 is 0 Å². The molecule has 0 amide bonds. The molecule has 1 aromatic rings. The first kappa shape index (κ1) is 14.1. The summed E-state index contributed by atoms with van der Waals surface area (Å²) < 4.78 is 0. The number of imidazole rings is 1. The van der Waals surface area contributed by atoms with Gasteiger partial charge >= 0.3 is 0 Å². The molecular weight excluding hydrogens is 248 g/mol. The molecule has 20 heavy (non-hydrogen) atoms. The zero-order chi connectivity index (χ0) is 13.6. The molecule has 0 aromatic carbocycles. The lowest BCUT2D eigenvalue weighted by atomic mass is 9.77. The molecule has 0 bridgehead atoms. The number of aromatic nitrogens is 2. The molecule has 1 saturated carbocycles. The number of nitrogens with one attached hydrogen (secondary N) is 3. The Morgan fingerprint density at radius 2 is 2.05 bits per heavy atom. The first-order valence-corrected chi connectivity index (χ1v) is 8.38. The van der Waals surface area contributed by atoms with Gasteiger partial charge in [0, 0.05) is 37.4 Å². The SMILES string of the molecule is c1c[nH]c(CCNC2CCCCC2C2CCCCN2)n1. The second-order valence-electron chi connectivity index (χ2n) is 6.35. The zero-order valence-corrected chi connectivity index (χ0v) is 12.4. The van der Waals surface area contributed by atoms with Crippen molar-refractivity contribution in [1.29, 1.82) is 0 Å². The normalized spacial score (nSPS) is 31.3. The summed E-state index contributed by atoms with van der Waals surface area (Å²) in [5.74, 6) is 1.93. The summed E-state index contributed by atoms with van der Waals surface area (Å²) in [6.45, 7) is 2.27. The van der Waals surface area contributed by atoms with Crippen molar-refractivity contribution in [2.24, 2.45) is 5.92 Å². The van der Waals surface area contributed by atoms with E-state index in [1.54, 1.807) is 0 Å². The highest BCUT2D eigenvalue weighted by molar-refractivity contribution is 4.92. The van der Waals surface area contributed by atoms with Crippen molar-refractivity contribution in [3.8, 4) is 0 Å². The Bertz CT molecular complexity index is 370. The van der Waals surface area contributed by atoms with Crippen LogP contribution >= 0.6 is 0 Å². The number of aromatic amines is 1. The molecule has 112 valence electrons. The highest BCUT2D eigenvalue weighted by Gasteiger charge is 2.31. The second kappa shape index (κ2) is 7.23. The van der Waals surface area contributed by atoms with Gasteiger partial charge in [-0.05, 0) is 38.1 Å². The molecule has 3 unspecified atom stereocenters. The first-order valence-electron chi connectivity index (χ1n) is 8.38. The minimum absolute atomic E-state index is 0.703. The van der Waals surface area contributed by atoms with Crippen molar-refractivity contribution in [1.82, 2.24) is 20.6 Å². The molecule has 0 spiro atoms. The summed E-state index contributed by atoms with van der Waals surface area (Å²) in [6.07, 6.45) is 14.5. The molecule has 1 aliphatic heterocycles. The molecule has 1 saturated heterocycles. The lowest BCUT2D eigenvalue weighted by Gasteiger charge is -2.40. The van der Waals surface area contributed by atoms with E-state index in [4.69, 9.17) is 0 Å². The molecular formula is C16H28N4. The van der Waals surface area contributed by atoms with Gasteiger partial charge in [0.1, 0.15) is 5.82 Å². The third kappa shape index (κ3) is 3.61. The first-order chi connectivity index (χ1) is 9.93. The van der Waals surface area contributed by atoms with E-state index in [2.05, 4.69) is 20.6 Å². The highest BCUT2D eigenvalue weighted by atomic mass is 15.0. The van der Waals surface area contributed by atoms with Crippen molar-refractivity contribution in [3.05, 3.63) is 18.2 Å². The smallest absolute Gasteiger partial charge is 0.107 e. The standard InChI is InChI=1S/C16H28N4/c1-2-6-15(18-10-8-16-19-11-12-20-16)13(5-1)14-7-3-4-9-17-14/h11-15,17-18H,1-10H2,(H,19,20). The molecule has 1 aliphatic carbocycles. The maximum atomic E-state index is 4.30. The number of hydrogen-bond acceptors (Lipinski definition) is 3. The predicted molar refractivity (Wildman–Crippen MR) is 81.7 cm³/mol. The van der Waals surface area contributed by atoms with Gasteiger partial charge in [-0.25, -0.2) is 4.98 Å². The second-order valence-corrected chi connectivity index (χ2v) is 6.35. The van der Waals surface area contributed by atoms with Crippen LogP contribution in [-0.4, -0.2) is 35.1 Å². The van der Waals surface area contributed by atoms with Gasteiger partial charge in [0.05, 0.1) is 0 Å². The van der Waals surface area contributed by atoms with E-state index in [0.717, 1.165) is 30.7 Å². The lowest BCUT2D eigenvalue weighted by Crippen LogP contribution is -2.50. The van der Waals surface area contributed by atoms with Crippen molar-refractivity contribution in [3.63, 3.8) is 0 Å². The monoisotopic (exact) mass is 276 g/mol. The van der Waals surface area contributed by atoms with Gasteiger partial charge < -0.3 is 15.6 Å². The van der Waals surface area contributed by atoms with Crippen LogP contribution in [0.25, 0.3) is 0 Å². The Labute approximate surface area is 122 Å². The van der Waals surface area contributed by atoms with Crippen LogP contribution in [0.15, 0.2) is 12.4 Å². The minimum Gasteiger partial charge on any atom is -0.349 e. The fourth-order valence-corrected chi connectivity index (χ4v) is 3.95. The van der Waals surface area contributed by atoms with Crippen LogP contribution in [0.1, 0.15) is 50.8 Å². The molecule has 2 aliphatic rings. The van der Waals surface area contributed by atoms with Crippen LogP contribution in [0.2, 0.25) is 0 Å². The van der Waals surface area contributed by atoms with E-state index < -0.39 is 0 Å². The van der Waals surface area contributed by atoms with Crippen molar-refractivity contribution < 1.29 is 0 Å². The third-order valence-corrected chi connectivity index (χ3v) is 5.01. The largest absolute Gasteiger partial charge is 0.349 e. The molecule has 1 aromatic heterocycles. The van der Waals surface area contributed by atoms with E-state index >= 15 is 0 Å². The Morgan fingerprint density at radius 1 is 1.15 bits per heavy atom. The Hall–Kier alpha value is -0.870. The van der Waals surface area contributed by atoms with Gasteiger partial charge in [0.25, 0.3) is 0 Å². The average Bonchev–Trinajstić information content (AvgIpc) is 3.02. The average molecular weight is 276 g/mol. The summed E-state index contributed by atoms with van der Waals surface area (Å²) >= 11 is 0. The highest BCUT2D eigenvalue weighted by Crippen LogP contribution is 2.30. The quantitative estimate of drug-likeness (QED) is 0.773. The van der Waals surface area contributed by atoms with Crippen LogP contribution in [0.4, 0.5) is 0 Å². The van der Waals surface area contributed by atoms with E-state index in [1.165, 1.54) is 51.5 Å². The van der Waals surface area contributed by atoms with Crippen LogP contribution in [-0.2, 0) is 6.42 Å². The zero-order valence-electron chi connectivity index (χ0n) is 12.4. The van der Waals surface area contributed by atoms with Gasteiger partial charge in [-0.3, -0.25) is 0 Å². The number of H-pyrrole nitrogens is 1. The Morgan fingerprint density at radius 3 is 2.85 bits per heavy atom. The van der Waals surface area contributed by atoms with Gasteiger partial charge in [0.15, 0.2) is 0 Å². The van der Waals surface area contributed by atoms with Crippen molar-refractivity contribution in [2.45, 2.75) is 63.5 Å². The molecule has 2 heterocycles. The number of piperidine rings is 1. The maximum absolute atomic E-state index is 4.30. The molecule has 4 nitrogen and oxygen atoms in total. The molecule has 0 radical (unpaired) electrons. The molecule has 2 fully saturated rings. The maximum Gasteiger partial charge on any atom is 0.107 e. The van der Waals surface area contributed by atoms with Crippen LogP contribution < -0.4 is 10.6 Å². The van der Waals surface area contributed by atoms with Crippen molar-refractivity contribution in [2.75, 3.05) is 13.1 Å². The predicted octanol–water partition coefficient (Wildman–Crippen LogP) is 2.24. The fraction of sp³-hybridized carbons (Fsp3) is 0.812. The topological polar surface area (TPSA) is 52.7 Å². The summed E-state index contributed by atoms with van der Waals surface area (Å²) in [5, 5.41) is 7.57. The summed E-state index contributed by atoms with van der Waals surface area (Å²) in [4.78, 5) is 7.49. The van der Waals surface area contributed by atoms with Crippen LogP contribution in [0, 0.1) is 5.92 Å². The Kier molecular flexibility index (Phi) is 5.09. The minimum atomic E-state index is 0.703. The van der Waals surface area contributed by atoms with Gasteiger partial charge in [-0.15, -0.1) is 0 Å².